The lowest BCUT2D eigenvalue weighted by Crippen LogP contribution is -2.25. The van der Waals surface area contributed by atoms with Gasteiger partial charge < -0.3 is 9.73 Å². The van der Waals surface area contributed by atoms with Gasteiger partial charge in [0.2, 0.25) is 10.0 Å². The van der Waals surface area contributed by atoms with Gasteiger partial charge in [-0.05, 0) is 44.3 Å². The molecule has 20 heavy (non-hydrogen) atoms. The first-order valence-corrected chi connectivity index (χ1v) is 8.67. The van der Waals surface area contributed by atoms with Crippen molar-refractivity contribution in [2.45, 2.75) is 17.1 Å². The van der Waals surface area contributed by atoms with Gasteiger partial charge in [-0.1, -0.05) is 0 Å². The fourth-order valence-corrected chi connectivity index (χ4v) is 4.15. The molecule has 0 aliphatic heterocycles. The molecule has 0 spiro atoms. The Bertz CT molecular complexity index is 618. The van der Waals surface area contributed by atoms with Gasteiger partial charge >= 0.3 is 0 Å². The van der Waals surface area contributed by atoms with Gasteiger partial charge in [0.05, 0.1) is 6.26 Å². The molecule has 0 radical (unpaired) electrons. The third-order valence-electron chi connectivity index (χ3n) is 2.77. The number of nitrogens with one attached hydrogen (secondary N) is 2. The average Bonchev–Trinajstić information content (AvgIpc) is 3.07. The molecule has 0 amide bonds. The standard InChI is InChI=1S/C13H18N2O3S2/c1-14-8-7-12-4-5-13(19-12)20(16,17)15-9-6-11-3-2-10-18-11/h2-5,10,14-15H,6-9H2,1H3. The first-order chi connectivity index (χ1) is 9.62. The SMILES string of the molecule is CNCCc1ccc(S(=O)(=O)NCCc2ccco2)s1. The maximum atomic E-state index is 12.1. The summed E-state index contributed by atoms with van der Waals surface area (Å²) in [6, 6.07) is 7.14. The second-order valence-electron chi connectivity index (χ2n) is 4.30. The summed E-state index contributed by atoms with van der Waals surface area (Å²) in [5, 5.41) is 3.05. The summed E-state index contributed by atoms with van der Waals surface area (Å²) in [6.07, 6.45) is 2.96. The minimum absolute atomic E-state index is 0.333. The molecule has 2 aromatic rings. The Morgan fingerprint density at radius 2 is 2.05 bits per heavy atom. The van der Waals surface area contributed by atoms with Crippen molar-refractivity contribution in [3.05, 3.63) is 41.2 Å². The number of hydrogen-bond donors (Lipinski definition) is 2. The zero-order chi connectivity index (χ0) is 14.4. The molecule has 0 bridgehead atoms. The first kappa shape index (κ1) is 15.2. The molecular formula is C13H18N2O3S2. The molecule has 110 valence electrons. The van der Waals surface area contributed by atoms with Crippen molar-refractivity contribution in [2.75, 3.05) is 20.1 Å². The van der Waals surface area contributed by atoms with Crippen LogP contribution in [0.4, 0.5) is 0 Å². The molecule has 2 aromatic heterocycles. The Kier molecular flexibility index (Phi) is 5.36. The molecule has 2 rings (SSSR count). The maximum absolute atomic E-state index is 12.1. The fourth-order valence-electron chi connectivity index (χ4n) is 1.72. The zero-order valence-corrected chi connectivity index (χ0v) is 12.9. The smallest absolute Gasteiger partial charge is 0.250 e. The number of sulfonamides is 1. The van der Waals surface area contributed by atoms with Crippen molar-refractivity contribution in [1.29, 1.82) is 0 Å². The van der Waals surface area contributed by atoms with Crippen molar-refractivity contribution < 1.29 is 12.8 Å². The number of likely N-dealkylation sites (N-methyl/N-ethyl adjacent to an activating group) is 1. The summed E-state index contributed by atoms with van der Waals surface area (Å²) in [7, 11) is -1.53. The van der Waals surface area contributed by atoms with Crippen LogP contribution in [0, 0.1) is 0 Å². The van der Waals surface area contributed by atoms with Crippen LogP contribution in [0.1, 0.15) is 10.6 Å². The second-order valence-corrected chi connectivity index (χ2v) is 7.46. The average molecular weight is 314 g/mol. The van der Waals surface area contributed by atoms with E-state index in [0.29, 0.717) is 17.2 Å². The van der Waals surface area contributed by atoms with E-state index < -0.39 is 10.0 Å². The van der Waals surface area contributed by atoms with Crippen molar-refractivity contribution in [3.63, 3.8) is 0 Å². The lowest BCUT2D eigenvalue weighted by atomic mass is 10.3. The molecule has 0 saturated heterocycles. The van der Waals surface area contributed by atoms with E-state index >= 15 is 0 Å². The molecule has 0 aromatic carbocycles. The van der Waals surface area contributed by atoms with Gasteiger partial charge in [-0.15, -0.1) is 11.3 Å². The molecule has 0 aliphatic carbocycles. The molecule has 0 fully saturated rings. The largest absolute Gasteiger partial charge is 0.469 e. The van der Waals surface area contributed by atoms with Crippen LogP contribution in [0.5, 0.6) is 0 Å². The minimum atomic E-state index is -3.41. The van der Waals surface area contributed by atoms with E-state index in [9.17, 15) is 8.42 Å². The third kappa shape index (κ3) is 4.17. The van der Waals surface area contributed by atoms with E-state index in [1.165, 1.54) is 11.3 Å². The summed E-state index contributed by atoms with van der Waals surface area (Å²) in [4.78, 5) is 1.06. The van der Waals surface area contributed by atoms with Gasteiger partial charge in [-0.25, -0.2) is 13.1 Å². The van der Waals surface area contributed by atoms with Crippen molar-refractivity contribution in [2.24, 2.45) is 0 Å². The van der Waals surface area contributed by atoms with Crippen LogP contribution in [0.2, 0.25) is 0 Å². The van der Waals surface area contributed by atoms with Crippen molar-refractivity contribution in [1.82, 2.24) is 10.0 Å². The number of rotatable bonds is 8. The maximum Gasteiger partial charge on any atom is 0.250 e. The highest BCUT2D eigenvalue weighted by atomic mass is 32.2. The van der Waals surface area contributed by atoms with Crippen LogP contribution >= 0.6 is 11.3 Å². The molecule has 5 nitrogen and oxygen atoms in total. The van der Waals surface area contributed by atoms with Crippen LogP contribution < -0.4 is 10.0 Å². The van der Waals surface area contributed by atoms with Gasteiger partial charge in [0.15, 0.2) is 0 Å². The molecule has 2 N–H and O–H groups in total. The van der Waals surface area contributed by atoms with Gasteiger partial charge in [0, 0.05) is 17.8 Å². The van der Waals surface area contributed by atoms with Gasteiger partial charge in [0.25, 0.3) is 0 Å². The zero-order valence-electron chi connectivity index (χ0n) is 11.3. The Balaban J connectivity index is 1.90. The van der Waals surface area contributed by atoms with Crippen molar-refractivity contribution in [3.8, 4) is 0 Å². The summed E-state index contributed by atoms with van der Waals surface area (Å²) < 4.78 is 32.3. The highest BCUT2D eigenvalue weighted by Gasteiger charge is 2.16. The minimum Gasteiger partial charge on any atom is -0.469 e. The summed E-state index contributed by atoms with van der Waals surface area (Å²) in [5.74, 6) is 0.772. The lowest BCUT2D eigenvalue weighted by molar-refractivity contribution is 0.506. The molecule has 0 aliphatic rings. The molecular weight excluding hydrogens is 296 g/mol. The van der Waals surface area contributed by atoms with E-state index in [-0.39, 0.29) is 0 Å². The van der Waals surface area contributed by atoms with E-state index in [1.807, 2.05) is 19.2 Å². The van der Waals surface area contributed by atoms with Crippen LogP contribution in [0.3, 0.4) is 0 Å². The van der Waals surface area contributed by atoms with Gasteiger partial charge in [-0.2, -0.15) is 0 Å². The number of hydrogen-bond acceptors (Lipinski definition) is 5. The van der Waals surface area contributed by atoms with Crippen LogP contribution in [0.15, 0.2) is 39.2 Å². The first-order valence-electron chi connectivity index (χ1n) is 6.37. The normalized spacial score (nSPS) is 11.8. The van der Waals surface area contributed by atoms with E-state index in [0.717, 1.165) is 23.6 Å². The predicted octanol–water partition coefficient (Wildman–Crippen LogP) is 1.62. The highest BCUT2D eigenvalue weighted by molar-refractivity contribution is 7.91. The monoisotopic (exact) mass is 314 g/mol. The highest BCUT2D eigenvalue weighted by Crippen LogP contribution is 2.21. The van der Waals surface area contributed by atoms with E-state index in [4.69, 9.17) is 4.42 Å². The fraction of sp³-hybridized carbons (Fsp3) is 0.385. The van der Waals surface area contributed by atoms with E-state index in [2.05, 4.69) is 10.0 Å². The Labute approximate surface area is 123 Å². The molecule has 7 heteroatoms. The lowest BCUT2D eigenvalue weighted by Gasteiger charge is -2.03. The van der Waals surface area contributed by atoms with Crippen molar-refractivity contribution >= 4 is 21.4 Å². The summed E-state index contributed by atoms with van der Waals surface area (Å²) >= 11 is 1.31. The molecule has 0 atom stereocenters. The van der Waals surface area contributed by atoms with Crippen LogP contribution in [0.25, 0.3) is 0 Å². The third-order valence-corrected chi connectivity index (χ3v) is 5.86. The summed E-state index contributed by atoms with van der Waals surface area (Å²) in [6.45, 7) is 1.17. The van der Waals surface area contributed by atoms with Crippen LogP contribution in [-0.2, 0) is 22.9 Å². The van der Waals surface area contributed by atoms with Gasteiger partial charge in [0.1, 0.15) is 9.97 Å². The molecule has 2 heterocycles. The molecule has 0 saturated carbocycles. The molecule has 0 unspecified atom stereocenters. The Hall–Kier alpha value is -1.15. The van der Waals surface area contributed by atoms with E-state index in [1.54, 1.807) is 18.4 Å². The van der Waals surface area contributed by atoms with Gasteiger partial charge in [-0.3, -0.25) is 0 Å². The van der Waals surface area contributed by atoms with Crippen LogP contribution in [-0.4, -0.2) is 28.6 Å². The topological polar surface area (TPSA) is 71.3 Å². The Morgan fingerprint density at radius 3 is 2.75 bits per heavy atom. The number of furan rings is 1. The second kappa shape index (κ2) is 7.03. The predicted molar refractivity (Wildman–Crippen MR) is 79.6 cm³/mol. The Morgan fingerprint density at radius 1 is 1.20 bits per heavy atom. The number of thiophene rings is 1. The summed E-state index contributed by atoms with van der Waals surface area (Å²) in [5.41, 5.74) is 0. The quantitative estimate of drug-likeness (QED) is 0.777.